The second kappa shape index (κ2) is 10.9. The van der Waals surface area contributed by atoms with Gasteiger partial charge in [0.25, 0.3) is 0 Å². The van der Waals surface area contributed by atoms with Crippen molar-refractivity contribution in [2.75, 3.05) is 26.7 Å². The molecule has 0 unspecified atom stereocenters. The van der Waals surface area contributed by atoms with Crippen LogP contribution in [0.3, 0.4) is 0 Å². The Labute approximate surface area is 161 Å². The molecule has 2 N–H and O–H groups in total. The highest BCUT2D eigenvalue weighted by molar-refractivity contribution is 14.0. The summed E-state index contributed by atoms with van der Waals surface area (Å²) in [4.78, 5) is 19.7. The van der Waals surface area contributed by atoms with Gasteiger partial charge in [-0.05, 0) is 45.6 Å². The summed E-state index contributed by atoms with van der Waals surface area (Å²) < 4.78 is 0. The van der Waals surface area contributed by atoms with Gasteiger partial charge in [0.1, 0.15) is 6.54 Å². The maximum atomic E-state index is 11.9. The van der Waals surface area contributed by atoms with Crippen molar-refractivity contribution < 1.29 is 4.79 Å². The molecule has 1 aromatic heterocycles. The minimum absolute atomic E-state index is 0. The van der Waals surface area contributed by atoms with Crippen LogP contribution in [0.15, 0.2) is 22.5 Å². The summed E-state index contributed by atoms with van der Waals surface area (Å²) in [6.07, 6.45) is 0.979. The number of carbonyl (C=O) groups is 1. The third kappa shape index (κ3) is 9.80. The van der Waals surface area contributed by atoms with Crippen LogP contribution < -0.4 is 10.6 Å². The van der Waals surface area contributed by atoms with E-state index in [1.54, 1.807) is 11.3 Å². The second-order valence-electron chi connectivity index (χ2n) is 6.22. The average molecular weight is 452 g/mol. The molecule has 0 aliphatic rings. The van der Waals surface area contributed by atoms with Crippen molar-refractivity contribution >= 4 is 47.2 Å². The zero-order chi connectivity index (χ0) is 16.6. The molecule has 1 heterocycles. The zero-order valence-electron chi connectivity index (χ0n) is 14.7. The SMILES string of the molecule is CCNC(=NCC(=O)NC(C)(C)C)N(C)CCc1cccs1.I. The first kappa shape index (κ1) is 22.2. The van der Waals surface area contributed by atoms with Crippen LogP contribution in [-0.4, -0.2) is 49.0 Å². The molecule has 5 nitrogen and oxygen atoms in total. The van der Waals surface area contributed by atoms with E-state index in [-0.39, 0.29) is 42.0 Å². The van der Waals surface area contributed by atoms with E-state index in [1.807, 2.05) is 34.7 Å². The number of amides is 1. The maximum Gasteiger partial charge on any atom is 0.242 e. The van der Waals surface area contributed by atoms with Gasteiger partial charge in [-0.3, -0.25) is 4.79 Å². The number of aliphatic imine (C=N–C) groups is 1. The van der Waals surface area contributed by atoms with Gasteiger partial charge < -0.3 is 15.5 Å². The highest BCUT2D eigenvalue weighted by Gasteiger charge is 2.14. The van der Waals surface area contributed by atoms with Crippen LogP contribution >= 0.6 is 35.3 Å². The number of nitrogens with zero attached hydrogens (tertiary/aromatic N) is 2. The van der Waals surface area contributed by atoms with E-state index in [9.17, 15) is 4.79 Å². The smallest absolute Gasteiger partial charge is 0.242 e. The van der Waals surface area contributed by atoms with Crippen molar-refractivity contribution in [2.45, 2.75) is 39.7 Å². The molecular formula is C16H29IN4OS. The lowest BCUT2D eigenvalue weighted by Crippen LogP contribution is -2.43. The van der Waals surface area contributed by atoms with Crippen LogP contribution in [0, 0.1) is 0 Å². The van der Waals surface area contributed by atoms with E-state index in [4.69, 9.17) is 0 Å². The molecule has 0 aliphatic heterocycles. The molecule has 0 bridgehead atoms. The topological polar surface area (TPSA) is 56.7 Å². The minimum Gasteiger partial charge on any atom is -0.357 e. The van der Waals surface area contributed by atoms with E-state index in [1.165, 1.54) is 4.88 Å². The van der Waals surface area contributed by atoms with Crippen molar-refractivity contribution in [2.24, 2.45) is 4.99 Å². The molecule has 0 aromatic carbocycles. The molecule has 1 rings (SSSR count). The summed E-state index contributed by atoms with van der Waals surface area (Å²) in [5.41, 5.74) is -0.226. The monoisotopic (exact) mass is 452 g/mol. The summed E-state index contributed by atoms with van der Waals surface area (Å²) in [6, 6.07) is 4.20. The molecule has 0 atom stereocenters. The third-order valence-corrected chi connectivity index (χ3v) is 3.79. The van der Waals surface area contributed by atoms with Crippen molar-refractivity contribution in [1.82, 2.24) is 15.5 Å². The van der Waals surface area contributed by atoms with E-state index < -0.39 is 0 Å². The Morgan fingerprint density at radius 3 is 2.61 bits per heavy atom. The first-order valence-electron chi connectivity index (χ1n) is 7.64. The van der Waals surface area contributed by atoms with Crippen molar-refractivity contribution in [1.29, 1.82) is 0 Å². The summed E-state index contributed by atoms with van der Waals surface area (Å²) in [6.45, 7) is 9.71. The Morgan fingerprint density at radius 1 is 1.39 bits per heavy atom. The third-order valence-electron chi connectivity index (χ3n) is 2.86. The van der Waals surface area contributed by atoms with Gasteiger partial charge in [0.15, 0.2) is 5.96 Å². The van der Waals surface area contributed by atoms with E-state index in [0.717, 1.165) is 25.5 Å². The van der Waals surface area contributed by atoms with Gasteiger partial charge in [-0.15, -0.1) is 35.3 Å². The van der Waals surface area contributed by atoms with E-state index >= 15 is 0 Å². The highest BCUT2D eigenvalue weighted by atomic mass is 127. The van der Waals surface area contributed by atoms with Gasteiger partial charge in [-0.25, -0.2) is 4.99 Å². The highest BCUT2D eigenvalue weighted by Crippen LogP contribution is 2.09. The standard InChI is InChI=1S/C16H28N4OS.HI/c1-6-17-15(18-12-14(21)19-16(2,3)4)20(5)10-9-13-8-7-11-22-13;/h7-8,11H,6,9-10,12H2,1-5H3,(H,17,18)(H,19,21);1H. The number of halogens is 1. The van der Waals surface area contributed by atoms with Crippen LogP contribution in [0.25, 0.3) is 0 Å². The van der Waals surface area contributed by atoms with Gasteiger partial charge in [0.2, 0.25) is 5.91 Å². The fraction of sp³-hybridized carbons (Fsp3) is 0.625. The maximum absolute atomic E-state index is 11.9. The molecule has 132 valence electrons. The fourth-order valence-electron chi connectivity index (χ4n) is 1.91. The lowest BCUT2D eigenvalue weighted by molar-refractivity contribution is -0.121. The van der Waals surface area contributed by atoms with Gasteiger partial charge in [-0.2, -0.15) is 0 Å². The van der Waals surface area contributed by atoms with Crippen LogP contribution in [0.2, 0.25) is 0 Å². The Morgan fingerprint density at radius 2 is 2.09 bits per heavy atom. The first-order valence-corrected chi connectivity index (χ1v) is 8.52. The van der Waals surface area contributed by atoms with E-state index in [0.29, 0.717) is 0 Å². The summed E-state index contributed by atoms with van der Waals surface area (Å²) in [5, 5.41) is 8.24. The number of hydrogen-bond acceptors (Lipinski definition) is 3. The fourth-order valence-corrected chi connectivity index (χ4v) is 2.61. The second-order valence-corrected chi connectivity index (χ2v) is 7.25. The predicted octanol–water partition coefficient (Wildman–Crippen LogP) is 2.72. The van der Waals surface area contributed by atoms with Crippen LogP contribution in [0.5, 0.6) is 0 Å². The number of guanidine groups is 1. The largest absolute Gasteiger partial charge is 0.357 e. The summed E-state index contributed by atoms with van der Waals surface area (Å²) in [5.74, 6) is 0.706. The van der Waals surface area contributed by atoms with Gasteiger partial charge in [-0.1, -0.05) is 6.07 Å². The number of thiophene rings is 1. The predicted molar refractivity (Wildman–Crippen MR) is 110 cm³/mol. The van der Waals surface area contributed by atoms with Crippen LogP contribution in [-0.2, 0) is 11.2 Å². The minimum atomic E-state index is -0.226. The van der Waals surface area contributed by atoms with Crippen molar-refractivity contribution in [3.63, 3.8) is 0 Å². The quantitative estimate of drug-likeness (QED) is 0.397. The van der Waals surface area contributed by atoms with Gasteiger partial charge in [0.05, 0.1) is 0 Å². The Kier molecular flexibility index (Phi) is 10.5. The molecule has 23 heavy (non-hydrogen) atoms. The Balaban J connectivity index is 0.00000484. The summed E-state index contributed by atoms with van der Waals surface area (Å²) >= 11 is 1.76. The van der Waals surface area contributed by atoms with Gasteiger partial charge in [0, 0.05) is 30.6 Å². The van der Waals surface area contributed by atoms with E-state index in [2.05, 4.69) is 38.0 Å². The molecule has 0 aliphatic carbocycles. The molecule has 0 spiro atoms. The molecule has 1 aromatic rings. The number of hydrogen-bond donors (Lipinski definition) is 2. The lowest BCUT2D eigenvalue weighted by atomic mass is 10.1. The summed E-state index contributed by atoms with van der Waals surface area (Å²) in [7, 11) is 2.00. The normalized spacial score (nSPS) is 11.6. The van der Waals surface area contributed by atoms with Crippen molar-refractivity contribution in [3.8, 4) is 0 Å². The first-order chi connectivity index (χ1) is 10.3. The molecular weight excluding hydrogens is 423 g/mol. The Hall–Kier alpha value is -0.830. The van der Waals surface area contributed by atoms with Crippen LogP contribution in [0.1, 0.15) is 32.6 Å². The number of nitrogens with one attached hydrogen (secondary N) is 2. The number of rotatable bonds is 6. The molecule has 0 radical (unpaired) electrons. The Bertz CT molecular complexity index is 483. The van der Waals surface area contributed by atoms with Gasteiger partial charge >= 0.3 is 0 Å². The molecule has 0 saturated carbocycles. The van der Waals surface area contributed by atoms with Crippen LogP contribution in [0.4, 0.5) is 0 Å². The molecule has 0 fully saturated rings. The van der Waals surface area contributed by atoms with Crippen molar-refractivity contribution in [3.05, 3.63) is 22.4 Å². The molecule has 7 heteroatoms. The zero-order valence-corrected chi connectivity index (χ0v) is 17.8. The molecule has 1 amide bonds. The lowest BCUT2D eigenvalue weighted by Gasteiger charge is -2.23. The number of carbonyl (C=O) groups excluding carboxylic acids is 1. The molecule has 0 saturated heterocycles. The average Bonchev–Trinajstić information content (AvgIpc) is 2.92. The number of likely N-dealkylation sites (N-methyl/N-ethyl adjacent to an activating group) is 1.